The minimum absolute atomic E-state index is 0.111. The van der Waals surface area contributed by atoms with Crippen molar-refractivity contribution in [3.8, 4) is 5.75 Å². The van der Waals surface area contributed by atoms with Crippen LogP contribution < -0.4 is 10.1 Å². The Morgan fingerprint density at radius 1 is 1.59 bits per heavy atom. The summed E-state index contributed by atoms with van der Waals surface area (Å²) < 4.78 is 18.4. The van der Waals surface area contributed by atoms with E-state index in [1.807, 2.05) is 0 Å². The summed E-state index contributed by atoms with van der Waals surface area (Å²) in [6.45, 7) is 1.91. The Morgan fingerprint density at radius 3 is 2.88 bits per heavy atom. The van der Waals surface area contributed by atoms with Gasteiger partial charge < -0.3 is 15.2 Å². The minimum Gasteiger partial charge on any atom is -0.496 e. The lowest BCUT2D eigenvalue weighted by Gasteiger charge is -2.10. The fourth-order valence-corrected chi connectivity index (χ4v) is 1.38. The molecule has 0 saturated carbocycles. The van der Waals surface area contributed by atoms with Gasteiger partial charge in [-0.25, -0.2) is 4.39 Å². The topological polar surface area (TPSA) is 58.6 Å². The summed E-state index contributed by atoms with van der Waals surface area (Å²) in [6, 6.07) is 4.19. The van der Waals surface area contributed by atoms with Crippen molar-refractivity contribution in [1.82, 2.24) is 5.32 Å². The number of carbonyl (C=O) groups excluding carboxylic acids is 1. The standard InChI is InChI=1S/C12H16FNO3/c1-8(15)6-7-14-12(16)11-9(13)4-3-5-10(11)17-2/h3-5,8,15H,6-7H2,1-2H3,(H,14,16). The molecule has 0 aliphatic carbocycles. The maximum atomic E-state index is 13.5. The molecular formula is C12H16FNO3. The second kappa shape index (κ2) is 6.20. The highest BCUT2D eigenvalue weighted by Gasteiger charge is 2.16. The molecule has 1 rings (SSSR count). The second-order valence-electron chi connectivity index (χ2n) is 3.71. The van der Waals surface area contributed by atoms with Crippen molar-refractivity contribution in [1.29, 1.82) is 0 Å². The summed E-state index contributed by atoms with van der Waals surface area (Å²) >= 11 is 0. The van der Waals surface area contributed by atoms with Crippen molar-refractivity contribution in [2.75, 3.05) is 13.7 Å². The van der Waals surface area contributed by atoms with E-state index in [1.165, 1.54) is 25.3 Å². The lowest BCUT2D eigenvalue weighted by molar-refractivity contribution is 0.0938. The van der Waals surface area contributed by atoms with E-state index in [-0.39, 0.29) is 17.9 Å². The highest BCUT2D eigenvalue weighted by Crippen LogP contribution is 2.20. The zero-order valence-corrected chi connectivity index (χ0v) is 9.87. The fourth-order valence-electron chi connectivity index (χ4n) is 1.38. The van der Waals surface area contributed by atoms with E-state index < -0.39 is 17.8 Å². The first-order chi connectivity index (χ1) is 8.06. The highest BCUT2D eigenvalue weighted by molar-refractivity contribution is 5.97. The van der Waals surface area contributed by atoms with E-state index in [4.69, 9.17) is 9.84 Å². The molecule has 0 bridgehead atoms. The third-order valence-corrected chi connectivity index (χ3v) is 2.27. The first-order valence-electron chi connectivity index (χ1n) is 5.35. The van der Waals surface area contributed by atoms with Crippen LogP contribution in [0, 0.1) is 5.82 Å². The molecule has 1 aromatic carbocycles. The third-order valence-electron chi connectivity index (χ3n) is 2.27. The number of ether oxygens (including phenoxy) is 1. The summed E-state index contributed by atoms with van der Waals surface area (Å²) in [7, 11) is 1.38. The van der Waals surface area contributed by atoms with Crippen LogP contribution in [0.5, 0.6) is 5.75 Å². The monoisotopic (exact) mass is 241 g/mol. The molecule has 4 nitrogen and oxygen atoms in total. The van der Waals surface area contributed by atoms with E-state index in [0.717, 1.165) is 0 Å². The van der Waals surface area contributed by atoms with Crippen molar-refractivity contribution in [2.24, 2.45) is 0 Å². The summed E-state index contributed by atoms with van der Waals surface area (Å²) in [4.78, 5) is 11.7. The van der Waals surface area contributed by atoms with Crippen LogP contribution in [0.4, 0.5) is 4.39 Å². The summed E-state index contributed by atoms with van der Waals surface area (Å²) in [5.41, 5.74) is -0.111. The summed E-state index contributed by atoms with van der Waals surface area (Å²) in [6.07, 6.45) is -0.0829. The second-order valence-corrected chi connectivity index (χ2v) is 3.71. The smallest absolute Gasteiger partial charge is 0.258 e. The van der Waals surface area contributed by atoms with Gasteiger partial charge in [-0.15, -0.1) is 0 Å². The molecule has 0 aliphatic rings. The van der Waals surface area contributed by atoms with Crippen molar-refractivity contribution in [3.05, 3.63) is 29.6 Å². The third kappa shape index (κ3) is 3.71. The Kier molecular flexibility index (Phi) is 4.90. The van der Waals surface area contributed by atoms with Gasteiger partial charge in [0.1, 0.15) is 17.1 Å². The minimum atomic E-state index is -0.626. The number of halogens is 1. The molecule has 2 N–H and O–H groups in total. The number of nitrogens with one attached hydrogen (secondary N) is 1. The van der Waals surface area contributed by atoms with Crippen LogP contribution in [-0.4, -0.2) is 30.8 Å². The average molecular weight is 241 g/mol. The normalized spacial score (nSPS) is 12.0. The lowest BCUT2D eigenvalue weighted by atomic mass is 10.1. The van der Waals surface area contributed by atoms with Crippen molar-refractivity contribution >= 4 is 5.91 Å². The molecule has 0 aromatic heterocycles. The highest BCUT2D eigenvalue weighted by atomic mass is 19.1. The molecular weight excluding hydrogens is 225 g/mol. The first kappa shape index (κ1) is 13.4. The predicted octanol–water partition coefficient (Wildman–Crippen LogP) is 1.33. The first-order valence-corrected chi connectivity index (χ1v) is 5.35. The van der Waals surface area contributed by atoms with Crippen molar-refractivity contribution in [3.63, 3.8) is 0 Å². The Balaban J connectivity index is 2.74. The van der Waals surface area contributed by atoms with Crippen LogP contribution in [0.1, 0.15) is 23.7 Å². The lowest BCUT2D eigenvalue weighted by Crippen LogP contribution is -2.27. The van der Waals surface area contributed by atoms with E-state index >= 15 is 0 Å². The summed E-state index contributed by atoms with van der Waals surface area (Å²) in [5.74, 6) is -0.973. The molecule has 1 atom stereocenters. The fraction of sp³-hybridized carbons (Fsp3) is 0.417. The molecule has 5 heteroatoms. The molecule has 94 valence electrons. The molecule has 17 heavy (non-hydrogen) atoms. The zero-order chi connectivity index (χ0) is 12.8. The van der Waals surface area contributed by atoms with Crippen LogP contribution in [-0.2, 0) is 0 Å². The Hall–Kier alpha value is -1.62. The van der Waals surface area contributed by atoms with Crippen LogP contribution in [0.15, 0.2) is 18.2 Å². The number of aliphatic hydroxyl groups excluding tert-OH is 1. The van der Waals surface area contributed by atoms with Crippen molar-refractivity contribution < 1.29 is 19.0 Å². The van der Waals surface area contributed by atoms with Crippen LogP contribution in [0.3, 0.4) is 0 Å². The number of carbonyl (C=O) groups is 1. The van der Waals surface area contributed by atoms with Gasteiger partial charge in [0.05, 0.1) is 13.2 Å². The molecule has 0 aliphatic heterocycles. The number of amides is 1. The summed E-state index contributed by atoms with van der Waals surface area (Å²) in [5, 5.41) is 11.6. The SMILES string of the molecule is COc1cccc(F)c1C(=O)NCCC(C)O. The van der Waals surface area contributed by atoms with Gasteiger partial charge >= 0.3 is 0 Å². The average Bonchev–Trinajstić information content (AvgIpc) is 2.27. The number of rotatable bonds is 5. The Labute approximate surface area is 99.4 Å². The van der Waals surface area contributed by atoms with Gasteiger partial charge in [0, 0.05) is 6.54 Å². The number of hydrogen-bond acceptors (Lipinski definition) is 3. The van der Waals surface area contributed by atoms with Crippen LogP contribution >= 0.6 is 0 Å². The van der Waals surface area contributed by atoms with Crippen LogP contribution in [0.2, 0.25) is 0 Å². The largest absolute Gasteiger partial charge is 0.496 e. The van der Waals surface area contributed by atoms with Gasteiger partial charge in [-0.2, -0.15) is 0 Å². The zero-order valence-electron chi connectivity index (χ0n) is 9.87. The van der Waals surface area contributed by atoms with Gasteiger partial charge in [-0.05, 0) is 25.5 Å². The number of aliphatic hydroxyl groups is 1. The molecule has 0 heterocycles. The molecule has 1 aromatic rings. The number of methoxy groups -OCH3 is 1. The van der Waals surface area contributed by atoms with E-state index in [0.29, 0.717) is 6.42 Å². The van der Waals surface area contributed by atoms with Gasteiger partial charge in [0.25, 0.3) is 5.91 Å². The molecule has 0 spiro atoms. The van der Waals surface area contributed by atoms with E-state index in [2.05, 4.69) is 5.32 Å². The van der Waals surface area contributed by atoms with Crippen LogP contribution in [0.25, 0.3) is 0 Å². The molecule has 1 amide bonds. The quantitative estimate of drug-likeness (QED) is 0.817. The molecule has 0 radical (unpaired) electrons. The van der Waals surface area contributed by atoms with Crippen molar-refractivity contribution in [2.45, 2.75) is 19.4 Å². The Morgan fingerprint density at radius 2 is 2.29 bits per heavy atom. The molecule has 1 unspecified atom stereocenters. The maximum absolute atomic E-state index is 13.5. The number of hydrogen-bond donors (Lipinski definition) is 2. The molecule has 0 saturated heterocycles. The maximum Gasteiger partial charge on any atom is 0.258 e. The Bertz CT molecular complexity index is 393. The predicted molar refractivity (Wildman–Crippen MR) is 61.6 cm³/mol. The number of benzene rings is 1. The molecule has 0 fully saturated rings. The van der Waals surface area contributed by atoms with E-state index in [9.17, 15) is 9.18 Å². The van der Waals surface area contributed by atoms with Gasteiger partial charge in [0.15, 0.2) is 0 Å². The van der Waals surface area contributed by atoms with Gasteiger partial charge in [0.2, 0.25) is 0 Å². The van der Waals surface area contributed by atoms with E-state index in [1.54, 1.807) is 6.92 Å². The van der Waals surface area contributed by atoms with Gasteiger partial charge in [-0.3, -0.25) is 4.79 Å². The van der Waals surface area contributed by atoms with Gasteiger partial charge in [-0.1, -0.05) is 6.07 Å².